The van der Waals surface area contributed by atoms with Crippen LogP contribution in [0.2, 0.25) is 0 Å². The van der Waals surface area contributed by atoms with Gasteiger partial charge in [0, 0.05) is 37.1 Å². The van der Waals surface area contributed by atoms with Crippen molar-refractivity contribution in [2.45, 2.75) is 19.1 Å². The number of aromatic nitrogens is 1. The molecule has 19 heavy (non-hydrogen) atoms. The SMILES string of the molecule is CNCc1cc(N2CC=C(C(F)(F)F)CC2)ccn1. The predicted molar refractivity (Wildman–Crippen MR) is 68.0 cm³/mol. The molecule has 0 unspecified atom stereocenters. The summed E-state index contributed by atoms with van der Waals surface area (Å²) in [5.41, 5.74) is 1.37. The maximum atomic E-state index is 12.5. The highest BCUT2D eigenvalue weighted by Gasteiger charge is 2.34. The van der Waals surface area contributed by atoms with Crippen molar-refractivity contribution in [3.05, 3.63) is 35.7 Å². The lowest BCUT2D eigenvalue weighted by Crippen LogP contribution is -2.32. The Bertz CT molecular complexity index is 468. The second-order valence-electron chi connectivity index (χ2n) is 4.46. The topological polar surface area (TPSA) is 28.2 Å². The van der Waals surface area contributed by atoms with Crippen LogP contribution in [0.3, 0.4) is 0 Å². The Morgan fingerprint density at radius 1 is 1.42 bits per heavy atom. The van der Waals surface area contributed by atoms with Crippen LogP contribution >= 0.6 is 0 Å². The minimum Gasteiger partial charge on any atom is -0.367 e. The van der Waals surface area contributed by atoms with Crippen LogP contribution in [0, 0.1) is 0 Å². The minimum atomic E-state index is -4.19. The fourth-order valence-corrected chi connectivity index (χ4v) is 2.10. The second kappa shape index (κ2) is 5.61. The number of anilines is 1. The molecular weight excluding hydrogens is 255 g/mol. The van der Waals surface area contributed by atoms with Gasteiger partial charge in [-0.3, -0.25) is 4.98 Å². The first-order chi connectivity index (χ1) is 9.00. The van der Waals surface area contributed by atoms with E-state index >= 15 is 0 Å². The highest BCUT2D eigenvalue weighted by molar-refractivity contribution is 5.48. The second-order valence-corrected chi connectivity index (χ2v) is 4.46. The Morgan fingerprint density at radius 2 is 2.21 bits per heavy atom. The maximum Gasteiger partial charge on any atom is 0.412 e. The fraction of sp³-hybridized carbons (Fsp3) is 0.462. The van der Waals surface area contributed by atoms with Gasteiger partial charge in [-0.15, -0.1) is 0 Å². The first-order valence-corrected chi connectivity index (χ1v) is 6.11. The number of pyridine rings is 1. The van der Waals surface area contributed by atoms with Crippen molar-refractivity contribution in [1.29, 1.82) is 0 Å². The molecule has 1 aromatic heterocycles. The third-order valence-corrected chi connectivity index (χ3v) is 3.10. The van der Waals surface area contributed by atoms with Crippen molar-refractivity contribution in [2.24, 2.45) is 0 Å². The van der Waals surface area contributed by atoms with Crippen LogP contribution < -0.4 is 10.2 Å². The molecule has 0 amide bonds. The van der Waals surface area contributed by atoms with Crippen LogP contribution in [-0.2, 0) is 6.54 Å². The van der Waals surface area contributed by atoms with Gasteiger partial charge in [-0.1, -0.05) is 6.08 Å². The number of alkyl halides is 3. The molecular formula is C13H16F3N3. The summed E-state index contributed by atoms with van der Waals surface area (Å²) in [4.78, 5) is 6.12. The molecule has 104 valence electrons. The Morgan fingerprint density at radius 3 is 2.79 bits per heavy atom. The summed E-state index contributed by atoms with van der Waals surface area (Å²) in [6.45, 7) is 1.32. The normalized spacial score (nSPS) is 16.4. The molecule has 1 N–H and O–H groups in total. The number of hydrogen-bond acceptors (Lipinski definition) is 3. The lowest BCUT2D eigenvalue weighted by atomic mass is 10.1. The van der Waals surface area contributed by atoms with Crippen molar-refractivity contribution < 1.29 is 13.2 Å². The van der Waals surface area contributed by atoms with Gasteiger partial charge >= 0.3 is 6.18 Å². The Labute approximate surface area is 110 Å². The molecule has 0 saturated carbocycles. The number of halogens is 3. The van der Waals surface area contributed by atoms with Gasteiger partial charge < -0.3 is 10.2 Å². The summed E-state index contributed by atoms with van der Waals surface area (Å²) in [6, 6.07) is 3.73. The average Bonchev–Trinajstić information content (AvgIpc) is 2.39. The molecule has 0 aliphatic carbocycles. The molecule has 0 bridgehead atoms. The van der Waals surface area contributed by atoms with Crippen LogP contribution in [0.1, 0.15) is 12.1 Å². The van der Waals surface area contributed by atoms with E-state index in [4.69, 9.17) is 0 Å². The molecule has 0 atom stereocenters. The van der Waals surface area contributed by atoms with Crippen molar-refractivity contribution in [1.82, 2.24) is 10.3 Å². The molecule has 6 heteroatoms. The van der Waals surface area contributed by atoms with Crippen LogP contribution in [0.25, 0.3) is 0 Å². The van der Waals surface area contributed by atoms with Crippen LogP contribution in [0.4, 0.5) is 18.9 Å². The quantitative estimate of drug-likeness (QED) is 0.856. The largest absolute Gasteiger partial charge is 0.412 e. The molecule has 1 aliphatic rings. The van der Waals surface area contributed by atoms with Gasteiger partial charge in [-0.2, -0.15) is 13.2 Å². The zero-order chi connectivity index (χ0) is 13.9. The molecule has 0 radical (unpaired) electrons. The summed E-state index contributed by atoms with van der Waals surface area (Å²) in [6.07, 6.45) is -1.21. The summed E-state index contributed by atoms with van der Waals surface area (Å²) in [7, 11) is 1.83. The van der Waals surface area contributed by atoms with E-state index in [0.717, 1.165) is 11.4 Å². The standard InChI is InChI=1S/C13H16F3N3/c1-17-9-11-8-12(2-5-18-11)19-6-3-10(4-7-19)13(14,15)16/h2-3,5,8,17H,4,6-7,9H2,1H3. The van der Waals surface area contributed by atoms with Crippen LogP contribution in [0.5, 0.6) is 0 Å². The van der Waals surface area contributed by atoms with Crippen molar-refractivity contribution in [2.75, 3.05) is 25.0 Å². The lowest BCUT2D eigenvalue weighted by molar-refractivity contribution is -0.0943. The van der Waals surface area contributed by atoms with Crippen LogP contribution in [0.15, 0.2) is 30.0 Å². The van der Waals surface area contributed by atoms with E-state index in [0.29, 0.717) is 13.1 Å². The Hall–Kier alpha value is -1.56. The smallest absolute Gasteiger partial charge is 0.367 e. The summed E-state index contributed by atoms with van der Waals surface area (Å²) < 4.78 is 37.6. The van der Waals surface area contributed by atoms with Gasteiger partial charge in [0.2, 0.25) is 0 Å². The summed E-state index contributed by atoms with van der Waals surface area (Å²) >= 11 is 0. The van der Waals surface area contributed by atoms with E-state index in [1.807, 2.05) is 24.1 Å². The van der Waals surface area contributed by atoms with Crippen LogP contribution in [-0.4, -0.2) is 31.3 Å². The minimum absolute atomic E-state index is 0.0349. The predicted octanol–water partition coefficient (Wildman–Crippen LogP) is 2.50. The van der Waals surface area contributed by atoms with Gasteiger partial charge in [0.05, 0.1) is 5.69 Å². The van der Waals surface area contributed by atoms with Gasteiger partial charge in [0.1, 0.15) is 0 Å². The average molecular weight is 271 g/mol. The molecule has 1 aliphatic heterocycles. The van der Waals surface area contributed by atoms with Gasteiger partial charge in [0.25, 0.3) is 0 Å². The Kier molecular flexibility index (Phi) is 4.09. The van der Waals surface area contributed by atoms with E-state index in [1.165, 1.54) is 6.08 Å². The maximum absolute atomic E-state index is 12.5. The van der Waals surface area contributed by atoms with E-state index < -0.39 is 11.7 Å². The zero-order valence-corrected chi connectivity index (χ0v) is 10.7. The Balaban J connectivity index is 2.09. The lowest BCUT2D eigenvalue weighted by Gasteiger charge is -2.29. The number of nitrogens with zero attached hydrogens (tertiary/aromatic N) is 2. The fourth-order valence-electron chi connectivity index (χ4n) is 2.10. The monoisotopic (exact) mass is 271 g/mol. The molecule has 2 rings (SSSR count). The van der Waals surface area contributed by atoms with Gasteiger partial charge in [-0.25, -0.2) is 0 Å². The first-order valence-electron chi connectivity index (χ1n) is 6.11. The number of nitrogens with one attached hydrogen (secondary N) is 1. The zero-order valence-electron chi connectivity index (χ0n) is 10.7. The van der Waals surface area contributed by atoms with E-state index in [1.54, 1.807) is 6.20 Å². The number of hydrogen-bond donors (Lipinski definition) is 1. The van der Waals surface area contributed by atoms with Crippen molar-refractivity contribution >= 4 is 5.69 Å². The third-order valence-electron chi connectivity index (χ3n) is 3.10. The molecule has 0 fully saturated rings. The van der Waals surface area contributed by atoms with E-state index in [9.17, 15) is 13.2 Å². The van der Waals surface area contributed by atoms with E-state index in [2.05, 4.69) is 10.3 Å². The van der Waals surface area contributed by atoms with Crippen molar-refractivity contribution in [3.63, 3.8) is 0 Å². The molecule has 2 heterocycles. The molecule has 0 spiro atoms. The molecule has 3 nitrogen and oxygen atoms in total. The summed E-state index contributed by atoms with van der Waals surface area (Å²) in [5.74, 6) is 0. The number of rotatable bonds is 3. The summed E-state index contributed by atoms with van der Waals surface area (Å²) in [5, 5.41) is 3.00. The third kappa shape index (κ3) is 3.47. The molecule has 1 aromatic rings. The van der Waals surface area contributed by atoms with Crippen molar-refractivity contribution in [3.8, 4) is 0 Å². The van der Waals surface area contributed by atoms with Gasteiger partial charge in [-0.05, 0) is 25.6 Å². The molecule has 0 saturated heterocycles. The highest BCUT2D eigenvalue weighted by Crippen LogP contribution is 2.31. The molecule has 0 aromatic carbocycles. The van der Waals surface area contributed by atoms with E-state index in [-0.39, 0.29) is 13.0 Å². The first kappa shape index (κ1) is 13.9. The highest BCUT2D eigenvalue weighted by atomic mass is 19.4. The van der Waals surface area contributed by atoms with Gasteiger partial charge in [0.15, 0.2) is 0 Å².